The van der Waals surface area contributed by atoms with E-state index >= 15 is 0 Å². The summed E-state index contributed by atoms with van der Waals surface area (Å²) in [6.07, 6.45) is 6.70. The van der Waals surface area contributed by atoms with E-state index in [2.05, 4.69) is 44.4 Å². The van der Waals surface area contributed by atoms with Crippen LogP contribution in [0.5, 0.6) is 0 Å². The van der Waals surface area contributed by atoms with Gasteiger partial charge >= 0.3 is 0 Å². The maximum Gasteiger partial charge on any atom is 0.253 e. The summed E-state index contributed by atoms with van der Waals surface area (Å²) in [5, 5.41) is 3.93. The van der Waals surface area contributed by atoms with E-state index < -0.39 is 0 Å². The summed E-state index contributed by atoms with van der Waals surface area (Å²) in [5.74, 6) is 0.379. The smallest absolute Gasteiger partial charge is 0.253 e. The van der Waals surface area contributed by atoms with E-state index in [1.165, 1.54) is 0 Å². The van der Waals surface area contributed by atoms with E-state index in [1.54, 1.807) is 6.20 Å². The number of amides is 2. The molecule has 9 nitrogen and oxygen atoms in total. The molecule has 4 atom stereocenters. The minimum absolute atomic E-state index is 0.0198. The Morgan fingerprint density at radius 2 is 1.94 bits per heavy atom. The van der Waals surface area contributed by atoms with Gasteiger partial charge in [0.1, 0.15) is 11.3 Å². The van der Waals surface area contributed by atoms with Crippen molar-refractivity contribution in [3.63, 3.8) is 0 Å². The van der Waals surface area contributed by atoms with Crippen LogP contribution in [0.25, 0.3) is 22.6 Å². The van der Waals surface area contributed by atoms with Crippen LogP contribution in [0.3, 0.4) is 0 Å². The molecule has 1 aromatic carbocycles. The SMILES string of the molecule is CN1CCN(C(=O)c2cccc(-c3nc4ncc(Cl)c(NC5C6C=CC(C6)C5C(N)=O)c4[nH]3)c2)CC1. The van der Waals surface area contributed by atoms with Crippen LogP contribution in [-0.2, 0) is 4.79 Å². The lowest BCUT2D eigenvalue weighted by atomic mass is 9.88. The zero-order valence-electron chi connectivity index (χ0n) is 19.9. The van der Waals surface area contributed by atoms with Crippen LogP contribution in [0.15, 0.2) is 42.6 Å². The molecule has 10 heteroatoms. The lowest BCUT2D eigenvalue weighted by molar-refractivity contribution is -0.122. The molecule has 3 aromatic rings. The number of pyridine rings is 1. The largest absolute Gasteiger partial charge is 0.378 e. The molecule has 186 valence electrons. The quantitative estimate of drug-likeness (QED) is 0.458. The van der Waals surface area contributed by atoms with E-state index in [4.69, 9.17) is 17.3 Å². The van der Waals surface area contributed by atoms with Crippen LogP contribution >= 0.6 is 11.6 Å². The third kappa shape index (κ3) is 3.92. The van der Waals surface area contributed by atoms with E-state index in [9.17, 15) is 9.59 Å². The first-order chi connectivity index (χ1) is 17.4. The Morgan fingerprint density at radius 1 is 1.17 bits per heavy atom. The van der Waals surface area contributed by atoms with Gasteiger partial charge in [0.25, 0.3) is 5.91 Å². The Kier molecular flexibility index (Phi) is 5.69. The number of aromatic amines is 1. The topological polar surface area (TPSA) is 120 Å². The zero-order chi connectivity index (χ0) is 25.0. The molecule has 4 unspecified atom stereocenters. The number of piperazine rings is 1. The summed E-state index contributed by atoms with van der Waals surface area (Å²) in [6, 6.07) is 7.33. The minimum atomic E-state index is -0.307. The number of carbonyl (C=O) groups is 2. The van der Waals surface area contributed by atoms with Gasteiger partial charge in [-0.25, -0.2) is 9.97 Å². The number of H-pyrrole nitrogens is 1. The van der Waals surface area contributed by atoms with Gasteiger partial charge in [-0.05, 0) is 37.4 Å². The van der Waals surface area contributed by atoms with Crippen molar-refractivity contribution in [1.29, 1.82) is 0 Å². The number of aromatic nitrogens is 3. The van der Waals surface area contributed by atoms with Crippen molar-refractivity contribution in [1.82, 2.24) is 24.8 Å². The number of nitrogens with zero attached hydrogens (tertiary/aromatic N) is 4. The van der Waals surface area contributed by atoms with Crippen molar-refractivity contribution in [3.05, 3.63) is 53.2 Å². The number of imidazole rings is 1. The molecule has 0 radical (unpaired) electrons. The van der Waals surface area contributed by atoms with Crippen LogP contribution in [0.1, 0.15) is 16.8 Å². The first-order valence-corrected chi connectivity index (χ1v) is 12.6. The molecule has 2 bridgehead atoms. The molecule has 2 aliphatic carbocycles. The third-order valence-electron chi connectivity index (χ3n) is 7.75. The minimum Gasteiger partial charge on any atom is -0.378 e. The molecule has 1 saturated heterocycles. The number of benzene rings is 1. The van der Waals surface area contributed by atoms with Gasteiger partial charge in [0.05, 0.1) is 22.8 Å². The average Bonchev–Trinajstić information content (AvgIpc) is 3.61. The normalized spacial score (nSPS) is 25.6. The zero-order valence-corrected chi connectivity index (χ0v) is 20.7. The van der Waals surface area contributed by atoms with Crippen molar-refractivity contribution in [2.45, 2.75) is 12.5 Å². The average molecular weight is 506 g/mol. The monoisotopic (exact) mass is 505 g/mol. The Hall–Kier alpha value is -3.43. The fraction of sp³-hybridized carbons (Fsp3) is 0.385. The molecule has 36 heavy (non-hydrogen) atoms. The number of allylic oxidation sites excluding steroid dienone is 1. The van der Waals surface area contributed by atoms with Gasteiger partial charge in [-0.3, -0.25) is 9.59 Å². The van der Waals surface area contributed by atoms with Gasteiger partial charge in [-0.1, -0.05) is 35.9 Å². The number of nitrogens with two attached hydrogens (primary N) is 1. The molecular formula is C26H28ClN7O2. The molecule has 3 aliphatic rings. The summed E-state index contributed by atoms with van der Waals surface area (Å²) in [7, 11) is 2.06. The lowest BCUT2D eigenvalue weighted by Crippen LogP contribution is -2.47. The molecule has 4 N–H and O–H groups in total. The number of nitrogens with one attached hydrogen (secondary N) is 2. The van der Waals surface area contributed by atoms with E-state index in [0.29, 0.717) is 46.4 Å². The highest BCUT2D eigenvalue weighted by atomic mass is 35.5. The van der Waals surface area contributed by atoms with Crippen LogP contribution < -0.4 is 11.1 Å². The van der Waals surface area contributed by atoms with Crippen molar-refractivity contribution in [2.75, 3.05) is 38.5 Å². The molecule has 2 fully saturated rings. The number of primary amides is 1. The van der Waals surface area contributed by atoms with Crippen molar-refractivity contribution < 1.29 is 9.59 Å². The number of likely N-dealkylation sites (N-methyl/N-ethyl adjacent to an activating group) is 1. The Balaban J connectivity index is 1.31. The van der Waals surface area contributed by atoms with Gasteiger partial charge in [0.2, 0.25) is 5.91 Å². The second kappa shape index (κ2) is 8.90. The van der Waals surface area contributed by atoms with Gasteiger partial charge < -0.3 is 25.8 Å². The van der Waals surface area contributed by atoms with Gasteiger partial charge in [-0.15, -0.1) is 0 Å². The standard InChI is InChI=1S/C26H28ClN7O2/c1-33-7-9-34(10-8-33)26(36)17-4-2-3-16(12-17)24-31-22-21(18(27)13-29-25(22)32-24)30-20-15-6-5-14(11-15)19(20)23(28)35/h2-6,12-15,19-20H,7-11H2,1H3,(H2,28,35)(H2,29,30,31,32). The highest BCUT2D eigenvalue weighted by Crippen LogP contribution is 2.46. The van der Waals surface area contributed by atoms with Gasteiger partial charge in [0.15, 0.2) is 5.65 Å². The van der Waals surface area contributed by atoms with Crippen LogP contribution in [0, 0.1) is 17.8 Å². The maximum atomic E-state index is 13.1. The molecule has 2 aromatic heterocycles. The second-order valence-corrected chi connectivity index (χ2v) is 10.4. The predicted molar refractivity (Wildman–Crippen MR) is 139 cm³/mol. The molecule has 1 saturated carbocycles. The Bertz CT molecular complexity index is 1380. The predicted octanol–water partition coefficient (Wildman–Crippen LogP) is 2.75. The van der Waals surface area contributed by atoms with Crippen molar-refractivity contribution >= 4 is 40.3 Å². The third-order valence-corrected chi connectivity index (χ3v) is 8.03. The van der Waals surface area contributed by atoms with Gasteiger partial charge in [0, 0.05) is 43.3 Å². The highest BCUT2D eigenvalue weighted by Gasteiger charge is 2.47. The molecule has 1 aliphatic heterocycles. The summed E-state index contributed by atoms with van der Waals surface area (Å²) >= 11 is 6.57. The summed E-state index contributed by atoms with van der Waals surface area (Å²) in [5.41, 5.74) is 8.97. The number of halogens is 1. The number of fused-ring (bicyclic) bond motifs is 3. The maximum absolute atomic E-state index is 13.1. The van der Waals surface area contributed by atoms with Crippen molar-refractivity contribution in [3.8, 4) is 11.4 Å². The molecular weight excluding hydrogens is 478 g/mol. The molecule has 2 amide bonds. The van der Waals surface area contributed by atoms with Crippen LogP contribution in [-0.4, -0.2) is 75.8 Å². The molecule has 3 heterocycles. The summed E-state index contributed by atoms with van der Waals surface area (Å²) in [6.45, 7) is 3.16. The van der Waals surface area contributed by atoms with E-state index in [-0.39, 0.29) is 35.6 Å². The second-order valence-electron chi connectivity index (χ2n) is 9.99. The van der Waals surface area contributed by atoms with Gasteiger partial charge in [-0.2, -0.15) is 0 Å². The van der Waals surface area contributed by atoms with E-state index in [1.807, 2.05) is 29.2 Å². The Morgan fingerprint density at radius 3 is 2.72 bits per heavy atom. The summed E-state index contributed by atoms with van der Waals surface area (Å²) in [4.78, 5) is 41.8. The molecule has 0 spiro atoms. The first kappa shape index (κ1) is 23.0. The van der Waals surface area contributed by atoms with Crippen molar-refractivity contribution in [2.24, 2.45) is 23.5 Å². The number of anilines is 1. The van der Waals surface area contributed by atoms with Crippen LogP contribution in [0.2, 0.25) is 5.02 Å². The fourth-order valence-corrected chi connectivity index (χ4v) is 5.97. The highest BCUT2D eigenvalue weighted by molar-refractivity contribution is 6.34. The first-order valence-electron chi connectivity index (χ1n) is 12.3. The fourth-order valence-electron chi connectivity index (χ4n) is 5.78. The number of hydrogen-bond acceptors (Lipinski definition) is 6. The lowest BCUT2D eigenvalue weighted by Gasteiger charge is -2.32. The van der Waals surface area contributed by atoms with E-state index in [0.717, 1.165) is 25.1 Å². The Labute approximate surface area is 213 Å². The molecule has 6 rings (SSSR count). The number of rotatable bonds is 5. The number of carbonyl (C=O) groups excluding carboxylic acids is 2. The van der Waals surface area contributed by atoms with Crippen LogP contribution in [0.4, 0.5) is 5.69 Å². The number of hydrogen-bond donors (Lipinski definition) is 3. The summed E-state index contributed by atoms with van der Waals surface area (Å²) < 4.78 is 0.